The minimum absolute atomic E-state index is 0.258. The zero-order valence-corrected chi connectivity index (χ0v) is 11.8. The number of aromatic nitrogens is 4. The normalized spacial score (nSPS) is 29.6. The minimum Gasteiger partial charge on any atom is -0.394 e. The molecule has 0 aliphatic carbocycles. The maximum absolute atomic E-state index is 10.3. The largest absolute Gasteiger partial charge is 0.394 e. The fourth-order valence-corrected chi connectivity index (χ4v) is 2.73. The number of imidazole rings is 1. The van der Waals surface area contributed by atoms with E-state index < -0.39 is 18.4 Å². The number of likely N-dealkylation sites (N-methyl/N-ethyl adjacent to an activating group) is 1. The molecule has 0 amide bonds. The van der Waals surface area contributed by atoms with Crippen LogP contribution in [-0.4, -0.2) is 73.6 Å². The van der Waals surface area contributed by atoms with E-state index in [2.05, 4.69) is 15.0 Å². The van der Waals surface area contributed by atoms with Crippen LogP contribution in [0.25, 0.3) is 11.2 Å². The van der Waals surface area contributed by atoms with E-state index in [1.165, 1.54) is 6.33 Å². The van der Waals surface area contributed by atoms with Crippen molar-refractivity contribution < 1.29 is 14.9 Å². The van der Waals surface area contributed by atoms with Gasteiger partial charge in [0.2, 0.25) is 0 Å². The van der Waals surface area contributed by atoms with Gasteiger partial charge in [-0.3, -0.25) is 9.47 Å². The van der Waals surface area contributed by atoms with Crippen LogP contribution in [0.15, 0.2) is 12.7 Å². The number of nitrogen functional groups attached to an aromatic ring is 1. The van der Waals surface area contributed by atoms with E-state index in [9.17, 15) is 10.2 Å². The van der Waals surface area contributed by atoms with Crippen LogP contribution in [0.5, 0.6) is 0 Å². The Labute approximate surface area is 121 Å². The first-order valence-corrected chi connectivity index (χ1v) is 6.58. The van der Waals surface area contributed by atoms with Gasteiger partial charge in [-0.15, -0.1) is 0 Å². The van der Waals surface area contributed by atoms with Gasteiger partial charge in [0, 0.05) is 0 Å². The first-order chi connectivity index (χ1) is 10.0. The topological polar surface area (TPSA) is 123 Å². The van der Waals surface area contributed by atoms with E-state index >= 15 is 0 Å². The Hall–Kier alpha value is -1.81. The number of hydrogen-bond acceptors (Lipinski definition) is 8. The van der Waals surface area contributed by atoms with E-state index in [1.54, 1.807) is 10.9 Å². The number of anilines is 1. The van der Waals surface area contributed by atoms with Crippen LogP contribution in [0.4, 0.5) is 5.82 Å². The molecule has 0 unspecified atom stereocenters. The molecule has 3 rings (SSSR count). The predicted octanol–water partition coefficient (Wildman–Crippen LogP) is -1.41. The molecule has 9 nitrogen and oxygen atoms in total. The molecule has 4 N–H and O–H groups in total. The maximum Gasteiger partial charge on any atom is 0.167 e. The molecule has 0 spiro atoms. The SMILES string of the molecule is CN(C)[C@@H]1[C@H](O)[C@@H](CO)O[C@H]1n1cnc2c(N)ncnc21. The van der Waals surface area contributed by atoms with Crippen LogP contribution in [0, 0.1) is 0 Å². The molecule has 0 bridgehead atoms. The van der Waals surface area contributed by atoms with Crippen molar-refractivity contribution in [2.45, 2.75) is 24.5 Å². The van der Waals surface area contributed by atoms with E-state index in [4.69, 9.17) is 10.5 Å². The molecule has 1 aliphatic rings. The number of nitrogens with zero attached hydrogens (tertiary/aromatic N) is 5. The molecule has 0 saturated carbocycles. The van der Waals surface area contributed by atoms with Gasteiger partial charge in [0.15, 0.2) is 17.7 Å². The number of ether oxygens (including phenoxy) is 1. The molecule has 3 heterocycles. The van der Waals surface area contributed by atoms with E-state index in [-0.39, 0.29) is 18.5 Å². The Morgan fingerprint density at radius 3 is 2.81 bits per heavy atom. The summed E-state index contributed by atoms with van der Waals surface area (Å²) in [4.78, 5) is 14.1. The van der Waals surface area contributed by atoms with Crippen LogP contribution >= 0.6 is 0 Å². The molecule has 21 heavy (non-hydrogen) atoms. The summed E-state index contributed by atoms with van der Waals surface area (Å²) >= 11 is 0. The van der Waals surface area contributed by atoms with Gasteiger partial charge in [-0.05, 0) is 14.1 Å². The van der Waals surface area contributed by atoms with Crippen LogP contribution in [0.3, 0.4) is 0 Å². The minimum atomic E-state index is -0.813. The van der Waals surface area contributed by atoms with Crippen LogP contribution < -0.4 is 5.73 Å². The lowest BCUT2D eigenvalue weighted by atomic mass is 10.1. The molecule has 0 radical (unpaired) electrons. The average Bonchev–Trinajstić information content (AvgIpc) is 3.00. The zero-order valence-electron chi connectivity index (χ0n) is 11.8. The third-order valence-electron chi connectivity index (χ3n) is 3.77. The number of rotatable bonds is 3. The third kappa shape index (κ3) is 2.14. The zero-order chi connectivity index (χ0) is 15.1. The number of nitrogens with two attached hydrogens (primary N) is 1. The molecular weight excluding hydrogens is 276 g/mol. The Kier molecular flexibility index (Phi) is 3.49. The lowest BCUT2D eigenvalue weighted by Gasteiger charge is -2.27. The van der Waals surface area contributed by atoms with Crippen molar-refractivity contribution >= 4 is 17.0 Å². The van der Waals surface area contributed by atoms with E-state index in [0.717, 1.165) is 0 Å². The molecule has 2 aromatic rings. The highest BCUT2D eigenvalue weighted by molar-refractivity contribution is 5.81. The van der Waals surface area contributed by atoms with Crippen molar-refractivity contribution in [2.24, 2.45) is 0 Å². The summed E-state index contributed by atoms with van der Waals surface area (Å²) in [6.45, 7) is -0.258. The lowest BCUT2D eigenvalue weighted by Crippen LogP contribution is -2.43. The summed E-state index contributed by atoms with van der Waals surface area (Å²) in [7, 11) is 3.68. The number of fused-ring (bicyclic) bond motifs is 1. The van der Waals surface area contributed by atoms with Crippen molar-refractivity contribution in [1.29, 1.82) is 0 Å². The Morgan fingerprint density at radius 1 is 1.38 bits per heavy atom. The van der Waals surface area contributed by atoms with Gasteiger partial charge in [0.25, 0.3) is 0 Å². The third-order valence-corrected chi connectivity index (χ3v) is 3.77. The van der Waals surface area contributed by atoms with Crippen molar-refractivity contribution in [2.75, 3.05) is 26.4 Å². The fourth-order valence-electron chi connectivity index (χ4n) is 2.73. The molecule has 4 atom stereocenters. The summed E-state index contributed by atoms with van der Waals surface area (Å²) < 4.78 is 7.47. The van der Waals surface area contributed by atoms with Gasteiger partial charge in [0.05, 0.1) is 19.0 Å². The second-order valence-electron chi connectivity index (χ2n) is 5.28. The van der Waals surface area contributed by atoms with Crippen molar-refractivity contribution in [3.63, 3.8) is 0 Å². The Morgan fingerprint density at radius 2 is 2.14 bits per heavy atom. The first-order valence-electron chi connectivity index (χ1n) is 6.58. The molecule has 0 aromatic carbocycles. The quantitative estimate of drug-likeness (QED) is 0.631. The second kappa shape index (κ2) is 5.19. The molecule has 1 fully saturated rings. The van der Waals surface area contributed by atoms with Gasteiger partial charge in [-0.1, -0.05) is 0 Å². The fraction of sp³-hybridized carbons (Fsp3) is 0.583. The highest BCUT2D eigenvalue weighted by atomic mass is 16.5. The predicted molar refractivity (Wildman–Crippen MR) is 74.2 cm³/mol. The van der Waals surface area contributed by atoms with Gasteiger partial charge < -0.3 is 20.7 Å². The van der Waals surface area contributed by atoms with Gasteiger partial charge >= 0.3 is 0 Å². The van der Waals surface area contributed by atoms with Crippen LogP contribution in [-0.2, 0) is 4.74 Å². The van der Waals surface area contributed by atoms with E-state index in [0.29, 0.717) is 11.2 Å². The van der Waals surface area contributed by atoms with Gasteiger partial charge in [-0.2, -0.15) is 0 Å². The summed E-state index contributed by atoms with van der Waals surface area (Å²) in [6.07, 6.45) is 0.927. The van der Waals surface area contributed by atoms with Crippen molar-refractivity contribution in [1.82, 2.24) is 24.4 Å². The molecule has 9 heteroatoms. The molecular formula is C12H18N6O3. The molecule has 1 aliphatic heterocycles. The van der Waals surface area contributed by atoms with Crippen LogP contribution in [0.2, 0.25) is 0 Å². The number of hydrogen-bond donors (Lipinski definition) is 3. The smallest absolute Gasteiger partial charge is 0.167 e. The number of aliphatic hydroxyl groups excluding tert-OH is 2. The van der Waals surface area contributed by atoms with Gasteiger partial charge in [-0.25, -0.2) is 15.0 Å². The number of aliphatic hydroxyl groups is 2. The molecule has 1 saturated heterocycles. The summed E-state index contributed by atoms with van der Waals surface area (Å²) in [5, 5.41) is 19.6. The lowest BCUT2D eigenvalue weighted by molar-refractivity contribution is -0.0458. The monoisotopic (exact) mass is 294 g/mol. The summed E-state index contributed by atoms with van der Waals surface area (Å²) in [5.41, 5.74) is 6.80. The Bertz CT molecular complexity index is 645. The first kappa shape index (κ1) is 14.1. The maximum atomic E-state index is 10.3. The standard InChI is InChI=1S/C12H18N6O3/c1-17(2)8-9(20)6(3-19)21-12(8)18-5-16-7-10(13)14-4-15-11(7)18/h4-6,8-9,12,19-20H,3H2,1-2H3,(H2,13,14,15)/t6-,8-,9-,12-/m1/s1. The summed E-state index contributed by atoms with van der Waals surface area (Å²) in [5.74, 6) is 0.289. The highest BCUT2D eigenvalue weighted by Crippen LogP contribution is 2.33. The van der Waals surface area contributed by atoms with Crippen molar-refractivity contribution in [3.8, 4) is 0 Å². The summed E-state index contributed by atoms with van der Waals surface area (Å²) in [6, 6.07) is -0.337. The second-order valence-corrected chi connectivity index (χ2v) is 5.28. The average molecular weight is 294 g/mol. The highest BCUT2D eigenvalue weighted by Gasteiger charge is 2.46. The van der Waals surface area contributed by atoms with Gasteiger partial charge in [0.1, 0.15) is 24.1 Å². The van der Waals surface area contributed by atoms with Crippen LogP contribution in [0.1, 0.15) is 6.23 Å². The molecule has 114 valence electrons. The van der Waals surface area contributed by atoms with E-state index in [1.807, 2.05) is 19.0 Å². The van der Waals surface area contributed by atoms with Crippen molar-refractivity contribution in [3.05, 3.63) is 12.7 Å². The molecule has 2 aromatic heterocycles. The Balaban J connectivity index is 2.06.